The molecule has 33 heavy (non-hydrogen) atoms. The van der Waals surface area contributed by atoms with Crippen LogP contribution < -0.4 is 15.2 Å². The molecule has 5 rings (SSSR count). The first-order valence-corrected chi connectivity index (χ1v) is 11.9. The molecule has 1 aromatic heterocycles. The summed E-state index contributed by atoms with van der Waals surface area (Å²) in [6.45, 7) is 3.29. The van der Waals surface area contributed by atoms with Gasteiger partial charge in [-0.3, -0.25) is 19.2 Å². The minimum absolute atomic E-state index is 0.0698. The third-order valence-corrected chi connectivity index (χ3v) is 7.04. The number of hydrogen-bond donors (Lipinski definition) is 0. The molecule has 0 amide bonds. The zero-order valence-corrected chi connectivity index (χ0v) is 19.5. The number of fused-ring (bicyclic) bond motifs is 1. The first-order valence-electron chi connectivity index (χ1n) is 11.9. The molecule has 0 N–H and O–H groups in total. The number of anilines is 2. The Morgan fingerprint density at radius 1 is 0.970 bits per heavy atom. The van der Waals surface area contributed by atoms with Crippen LogP contribution in [-0.4, -0.2) is 34.3 Å². The van der Waals surface area contributed by atoms with Gasteiger partial charge in [0.2, 0.25) is 5.95 Å². The lowest BCUT2D eigenvalue weighted by Gasteiger charge is -2.43. The second-order valence-corrected chi connectivity index (χ2v) is 9.16. The van der Waals surface area contributed by atoms with Gasteiger partial charge in [0, 0.05) is 23.7 Å². The van der Waals surface area contributed by atoms with Crippen LogP contribution in [0.2, 0.25) is 0 Å². The van der Waals surface area contributed by atoms with Crippen LogP contribution in [-0.2, 0) is 13.1 Å². The molecule has 1 fully saturated rings. The number of hydrogen-bond acceptors (Lipinski definition) is 5. The molecule has 0 spiro atoms. The second kappa shape index (κ2) is 9.40. The topological polar surface area (TPSA) is 50.6 Å². The van der Waals surface area contributed by atoms with Crippen LogP contribution in [0.1, 0.15) is 48.9 Å². The van der Waals surface area contributed by atoms with Gasteiger partial charge in [-0.15, -0.1) is 0 Å². The van der Waals surface area contributed by atoms with Crippen molar-refractivity contribution in [2.75, 3.05) is 18.7 Å². The minimum atomic E-state index is 0.0698. The van der Waals surface area contributed by atoms with Crippen molar-refractivity contribution in [2.24, 2.45) is 0 Å². The lowest BCUT2D eigenvalue weighted by molar-refractivity contribution is 0.107. The van der Waals surface area contributed by atoms with Gasteiger partial charge in [-0.05, 0) is 49.6 Å². The van der Waals surface area contributed by atoms with Gasteiger partial charge in [-0.25, -0.2) is 4.98 Å². The molecule has 0 radical (unpaired) electrons. The summed E-state index contributed by atoms with van der Waals surface area (Å²) < 4.78 is 7.24. The number of aryl methyl sites for hydroxylation is 1. The molecule has 0 bridgehead atoms. The van der Waals surface area contributed by atoms with Crippen molar-refractivity contribution in [2.45, 2.75) is 58.2 Å². The van der Waals surface area contributed by atoms with Gasteiger partial charge in [0.25, 0.3) is 5.56 Å². The van der Waals surface area contributed by atoms with E-state index >= 15 is 0 Å². The third-order valence-electron chi connectivity index (χ3n) is 7.04. The second-order valence-electron chi connectivity index (χ2n) is 9.16. The van der Waals surface area contributed by atoms with Crippen molar-refractivity contribution in [3.8, 4) is 5.75 Å². The smallest absolute Gasteiger partial charge is 0.259 e. The SMILES string of the molecule is COc1ccc(N2CN(C3CCCCC3)Cn3c2nc(C)c(Cc2ccccc2)c3=O)cc1. The van der Waals surface area contributed by atoms with E-state index in [0.29, 0.717) is 19.1 Å². The molecular weight excluding hydrogens is 412 g/mol. The normalized spacial score (nSPS) is 17.1. The monoisotopic (exact) mass is 444 g/mol. The highest BCUT2D eigenvalue weighted by Gasteiger charge is 2.32. The van der Waals surface area contributed by atoms with Gasteiger partial charge in [0.05, 0.1) is 26.1 Å². The maximum atomic E-state index is 13.8. The third kappa shape index (κ3) is 4.40. The molecule has 1 aliphatic carbocycles. The highest BCUT2D eigenvalue weighted by atomic mass is 16.5. The average Bonchev–Trinajstić information content (AvgIpc) is 2.87. The van der Waals surface area contributed by atoms with E-state index in [1.807, 2.05) is 54.0 Å². The van der Waals surface area contributed by atoms with E-state index in [-0.39, 0.29) is 5.56 Å². The molecule has 1 aliphatic heterocycles. The summed E-state index contributed by atoms with van der Waals surface area (Å²) in [6, 6.07) is 18.7. The summed E-state index contributed by atoms with van der Waals surface area (Å²) >= 11 is 0. The molecule has 1 saturated carbocycles. The van der Waals surface area contributed by atoms with Crippen LogP contribution in [0, 0.1) is 6.92 Å². The molecule has 6 heteroatoms. The Morgan fingerprint density at radius 2 is 1.70 bits per heavy atom. The van der Waals surface area contributed by atoms with E-state index in [1.54, 1.807) is 7.11 Å². The van der Waals surface area contributed by atoms with Gasteiger partial charge in [-0.1, -0.05) is 49.6 Å². The van der Waals surface area contributed by atoms with E-state index < -0.39 is 0 Å². The van der Waals surface area contributed by atoms with Crippen molar-refractivity contribution in [3.63, 3.8) is 0 Å². The molecule has 0 atom stereocenters. The summed E-state index contributed by atoms with van der Waals surface area (Å²) in [5.74, 6) is 1.55. The van der Waals surface area contributed by atoms with Crippen molar-refractivity contribution in [1.29, 1.82) is 0 Å². The molecule has 2 heterocycles. The maximum Gasteiger partial charge on any atom is 0.259 e. The van der Waals surface area contributed by atoms with Crippen molar-refractivity contribution in [3.05, 3.63) is 81.8 Å². The highest BCUT2D eigenvalue weighted by molar-refractivity contribution is 5.59. The largest absolute Gasteiger partial charge is 0.497 e. The molecule has 0 unspecified atom stereocenters. The van der Waals surface area contributed by atoms with Crippen LogP contribution in [0.15, 0.2) is 59.4 Å². The van der Waals surface area contributed by atoms with Crippen LogP contribution >= 0.6 is 0 Å². The Balaban J connectivity index is 1.57. The Kier molecular flexibility index (Phi) is 6.18. The predicted octanol–water partition coefficient (Wildman–Crippen LogP) is 4.85. The zero-order valence-electron chi connectivity index (χ0n) is 19.5. The van der Waals surface area contributed by atoms with Crippen LogP contribution in [0.25, 0.3) is 0 Å². The van der Waals surface area contributed by atoms with E-state index in [1.165, 1.54) is 32.1 Å². The van der Waals surface area contributed by atoms with Gasteiger partial charge in [0.15, 0.2) is 0 Å². The van der Waals surface area contributed by atoms with E-state index in [0.717, 1.165) is 40.9 Å². The minimum Gasteiger partial charge on any atom is -0.497 e. The number of methoxy groups -OCH3 is 1. The Morgan fingerprint density at radius 3 is 2.39 bits per heavy atom. The maximum absolute atomic E-state index is 13.8. The van der Waals surface area contributed by atoms with Gasteiger partial charge in [0.1, 0.15) is 5.75 Å². The predicted molar refractivity (Wildman–Crippen MR) is 131 cm³/mol. The summed E-state index contributed by atoms with van der Waals surface area (Å²) in [5.41, 5.74) is 3.81. The van der Waals surface area contributed by atoms with E-state index in [9.17, 15) is 4.79 Å². The fourth-order valence-electron chi connectivity index (χ4n) is 5.13. The van der Waals surface area contributed by atoms with Crippen LogP contribution in [0.5, 0.6) is 5.75 Å². The highest BCUT2D eigenvalue weighted by Crippen LogP contribution is 2.32. The zero-order chi connectivity index (χ0) is 22.8. The Bertz CT molecular complexity index is 1150. The van der Waals surface area contributed by atoms with E-state index in [4.69, 9.17) is 9.72 Å². The van der Waals surface area contributed by atoms with Crippen LogP contribution in [0.3, 0.4) is 0 Å². The van der Waals surface area contributed by atoms with Crippen molar-refractivity contribution >= 4 is 11.6 Å². The van der Waals surface area contributed by atoms with Crippen LogP contribution in [0.4, 0.5) is 11.6 Å². The molecule has 3 aromatic rings. The van der Waals surface area contributed by atoms with Gasteiger partial charge >= 0.3 is 0 Å². The fourth-order valence-corrected chi connectivity index (χ4v) is 5.13. The number of rotatable bonds is 5. The lowest BCUT2D eigenvalue weighted by atomic mass is 9.94. The quantitative estimate of drug-likeness (QED) is 0.563. The first-order chi connectivity index (χ1) is 16.1. The molecular formula is C27H32N4O2. The van der Waals surface area contributed by atoms with Crippen molar-refractivity contribution < 1.29 is 4.74 Å². The first kappa shape index (κ1) is 21.7. The van der Waals surface area contributed by atoms with Gasteiger partial charge in [-0.2, -0.15) is 0 Å². The van der Waals surface area contributed by atoms with E-state index in [2.05, 4.69) is 21.9 Å². The molecule has 2 aliphatic rings. The summed E-state index contributed by atoms with van der Waals surface area (Å²) in [4.78, 5) is 23.4. The Labute approximate surface area is 195 Å². The summed E-state index contributed by atoms with van der Waals surface area (Å²) in [7, 11) is 1.68. The number of ether oxygens (including phenoxy) is 1. The number of benzene rings is 2. The molecule has 6 nitrogen and oxygen atoms in total. The summed E-state index contributed by atoms with van der Waals surface area (Å²) in [6.07, 6.45) is 6.82. The number of aromatic nitrogens is 2. The standard InChI is InChI=1S/C27H32N4O2/c1-20-25(17-21-9-5-3-6-10-21)26(32)31-19-29(22-11-7-4-8-12-22)18-30(27(31)28-20)23-13-15-24(33-2)16-14-23/h3,5-6,9-10,13-16,22H,4,7-8,11-12,17-19H2,1-2H3. The lowest BCUT2D eigenvalue weighted by Crippen LogP contribution is -2.52. The summed E-state index contributed by atoms with van der Waals surface area (Å²) in [5, 5.41) is 0. The number of nitrogens with zero attached hydrogens (tertiary/aromatic N) is 4. The Hall–Kier alpha value is -3.12. The molecule has 0 saturated heterocycles. The average molecular weight is 445 g/mol. The molecule has 2 aromatic carbocycles. The molecule has 172 valence electrons. The van der Waals surface area contributed by atoms with Crippen molar-refractivity contribution in [1.82, 2.24) is 14.5 Å². The fraction of sp³-hybridized carbons (Fsp3) is 0.407. The van der Waals surface area contributed by atoms with Gasteiger partial charge < -0.3 is 4.74 Å².